The van der Waals surface area contributed by atoms with Gasteiger partial charge in [0.15, 0.2) is 0 Å². The molecule has 106 valence electrons. The Balaban J connectivity index is 2.56. The topological polar surface area (TPSA) is 28.7 Å². The second-order valence-electron chi connectivity index (χ2n) is 5.53. The molecule has 0 atom stereocenters. The van der Waals surface area contributed by atoms with Gasteiger partial charge in [-0.15, -0.1) is 0 Å². The second kappa shape index (κ2) is 6.31. The third kappa shape index (κ3) is 3.15. The first kappa shape index (κ1) is 14.9. The Hall–Kier alpha value is -1.48. The van der Waals surface area contributed by atoms with Gasteiger partial charge >= 0.3 is 0 Å². The largest absolute Gasteiger partial charge is 0.343 e. The highest BCUT2D eigenvalue weighted by molar-refractivity contribution is 7.71. The quantitative estimate of drug-likeness (QED) is 0.783. The van der Waals surface area contributed by atoms with Gasteiger partial charge in [0.2, 0.25) is 0 Å². The molecule has 1 N–H and O–H groups in total. The minimum absolute atomic E-state index is 0.342. The van der Waals surface area contributed by atoms with E-state index in [2.05, 4.69) is 55.0 Å². The van der Waals surface area contributed by atoms with Crippen molar-refractivity contribution < 1.29 is 0 Å². The number of nitrogens with one attached hydrogen (secondary N) is 1. The minimum atomic E-state index is 0.342. The number of aromatic amines is 1. The molecule has 1 heterocycles. The lowest BCUT2D eigenvalue weighted by Gasteiger charge is -2.12. The number of aryl methyl sites for hydroxylation is 1. The standard InChI is InChI=1S/C17H22N2S/c1-5-7-13-8-6-9-14(10-13)15-12(4)17(20)19-16(18-15)11(2)3/h6,8-11H,5,7H2,1-4H3,(H,18,19,20). The van der Waals surface area contributed by atoms with E-state index in [0.29, 0.717) is 10.6 Å². The van der Waals surface area contributed by atoms with Gasteiger partial charge in [-0.2, -0.15) is 0 Å². The number of hydrogen-bond donors (Lipinski definition) is 1. The molecule has 0 saturated carbocycles. The molecule has 0 bridgehead atoms. The first-order chi connectivity index (χ1) is 9.52. The van der Waals surface area contributed by atoms with Crippen LogP contribution in [0.25, 0.3) is 11.3 Å². The lowest BCUT2D eigenvalue weighted by molar-refractivity contribution is 0.770. The summed E-state index contributed by atoms with van der Waals surface area (Å²) in [5.41, 5.74) is 4.72. The number of nitrogens with zero attached hydrogens (tertiary/aromatic N) is 1. The van der Waals surface area contributed by atoms with Crippen LogP contribution in [0.2, 0.25) is 0 Å². The van der Waals surface area contributed by atoms with Crippen LogP contribution in [0, 0.1) is 11.6 Å². The lowest BCUT2D eigenvalue weighted by atomic mass is 10.0. The Morgan fingerprint density at radius 1 is 1.30 bits per heavy atom. The maximum atomic E-state index is 5.40. The van der Waals surface area contributed by atoms with Crippen LogP contribution < -0.4 is 0 Å². The zero-order chi connectivity index (χ0) is 14.7. The maximum Gasteiger partial charge on any atom is 0.133 e. The summed E-state index contributed by atoms with van der Waals surface area (Å²) in [5.74, 6) is 1.30. The van der Waals surface area contributed by atoms with E-state index < -0.39 is 0 Å². The number of aromatic nitrogens is 2. The van der Waals surface area contributed by atoms with Crippen molar-refractivity contribution in [2.24, 2.45) is 0 Å². The highest BCUT2D eigenvalue weighted by Gasteiger charge is 2.10. The third-order valence-corrected chi connectivity index (χ3v) is 3.87. The fourth-order valence-corrected chi connectivity index (χ4v) is 2.48. The molecule has 0 fully saturated rings. The molecule has 0 aliphatic rings. The first-order valence-corrected chi connectivity index (χ1v) is 7.63. The van der Waals surface area contributed by atoms with Crippen molar-refractivity contribution in [3.8, 4) is 11.3 Å². The summed E-state index contributed by atoms with van der Waals surface area (Å²) in [6, 6.07) is 8.69. The highest BCUT2D eigenvalue weighted by atomic mass is 32.1. The highest BCUT2D eigenvalue weighted by Crippen LogP contribution is 2.24. The summed E-state index contributed by atoms with van der Waals surface area (Å²) in [6.45, 7) is 8.49. The number of hydrogen-bond acceptors (Lipinski definition) is 2. The van der Waals surface area contributed by atoms with Crippen LogP contribution >= 0.6 is 12.2 Å². The summed E-state index contributed by atoms with van der Waals surface area (Å²) < 4.78 is 0.698. The average Bonchev–Trinajstić information content (AvgIpc) is 2.42. The Morgan fingerprint density at radius 3 is 2.70 bits per heavy atom. The summed E-state index contributed by atoms with van der Waals surface area (Å²) in [6.07, 6.45) is 2.27. The SMILES string of the molecule is CCCc1cccc(-c2[nH]c(C(C)C)nc(=S)c2C)c1. The van der Waals surface area contributed by atoms with Gasteiger partial charge in [-0.05, 0) is 30.5 Å². The van der Waals surface area contributed by atoms with E-state index in [9.17, 15) is 0 Å². The van der Waals surface area contributed by atoms with E-state index in [4.69, 9.17) is 12.2 Å². The van der Waals surface area contributed by atoms with Crippen LogP contribution in [0.4, 0.5) is 0 Å². The molecule has 20 heavy (non-hydrogen) atoms. The summed E-state index contributed by atoms with van der Waals surface area (Å²) >= 11 is 5.40. The molecule has 0 radical (unpaired) electrons. The molecular formula is C17H22N2S. The third-order valence-electron chi connectivity index (χ3n) is 3.47. The van der Waals surface area contributed by atoms with Gasteiger partial charge in [-0.25, -0.2) is 4.98 Å². The van der Waals surface area contributed by atoms with Crippen molar-refractivity contribution in [3.05, 3.63) is 45.9 Å². The fraction of sp³-hybridized carbons (Fsp3) is 0.412. The molecule has 0 aliphatic carbocycles. The molecule has 0 aliphatic heterocycles. The van der Waals surface area contributed by atoms with E-state index >= 15 is 0 Å². The molecule has 2 rings (SSSR count). The second-order valence-corrected chi connectivity index (χ2v) is 5.92. The predicted molar refractivity (Wildman–Crippen MR) is 87.7 cm³/mol. The first-order valence-electron chi connectivity index (χ1n) is 7.23. The molecule has 1 aromatic carbocycles. The predicted octanol–water partition coefficient (Wildman–Crippen LogP) is 5.19. The molecule has 1 aromatic heterocycles. The van der Waals surface area contributed by atoms with E-state index in [1.54, 1.807) is 0 Å². The van der Waals surface area contributed by atoms with E-state index in [-0.39, 0.29) is 0 Å². The lowest BCUT2D eigenvalue weighted by Crippen LogP contribution is -2.02. The Bertz CT molecular complexity index is 656. The zero-order valence-electron chi connectivity index (χ0n) is 12.7. The Labute approximate surface area is 126 Å². The van der Waals surface area contributed by atoms with Crippen LogP contribution in [0.1, 0.15) is 50.1 Å². The average molecular weight is 286 g/mol. The summed E-state index contributed by atoms with van der Waals surface area (Å²) in [4.78, 5) is 7.94. The summed E-state index contributed by atoms with van der Waals surface area (Å²) in [7, 11) is 0. The molecule has 2 nitrogen and oxygen atoms in total. The Kier molecular flexibility index (Phi) is 4.71. The summed E-state index contributed by atoms with van der Waals surface area (Å²) in [5, 5.41) is 0. The number of benzene rings is 1. The van der Waals surface area contributed by atoms with Gasteiger partial charge < -0.3 is 4.98 Å². The van der Waals surface area contributed by atoms with Crippen LogP contribution in [0.3, 0.4) is 0 Å². The molecule has 0 saturated heterocycles. The van der Waals surface area contributed by atoms with Crippen molar-refractivity contribution in [2.45, 2.75) is 46.5 Å². The molecule has 0 unspecified atom stereocenters. The molecular weight excluding hydrogens is 264 g/mol. The van der Waals surface area contributed by atoms with Crippen molar-refractivity contribution in [3.63, 3.8) is 0 Å². The van der Waals surface area contributed by atoms with Crippen molar-refractivity contribution in [2.75, 3.05) is 0 Å². The van der Waals surface area contributed by atoms with Crippen molar-refractivity contribution in [1.29, 1.82) is 0 Å². The maximum absolute atomic E-state index is 5.40. The minimum Gasteiger partial charge on any atom is -0.343 e. The zero-order valence-corrected chi connectivity index (χ0v) is 13.5. The molecule has 3 heteroatoms. The van der Waals surface area contributed by atoms with E-state index in [0.717, 1.165) is 29.9 Å². The number of rotatable bonds is 4. The van der Waals surface area contributed by atoms with Crippen LogP contribution in [0.5, 0.6) is 0 Å². The smallest absolute Gasteiger partial charge is 0.133 e. The van der Waals surface area contributed by atoms with Gasteiger partial charge in [0.25, 0.3) is 0 Å². The normalized spacial score (nSPS) is 11.1. The van der Waals surface area contributed by atoms with Crippen LogP contribution in [-0.4, -0.2) is 9.97 Å². The van der Waals surface area contributed by atoms with E-state index in [1.165, 1.54) is 11.1 Å². The van der Waals surface area contributed by atoms with Crippen molar-refractivity contribution >= 4 is 12.2 Å². The van der Waals surface area contributed by atoms with Crippen LogP contribution in [-0.2, 0) is 6.42 Å². The number of H-pyrrole nitrogens is 1. The fourth-order valence-electron chi connectivity index (χ4n) is 2.28. The van der Waals surface area contributed by atoms with Gasteiger partial charge in [0.05, 0.1) is 5.69 Å². The molecule has 2 aromatic rings. The van der Waals surface area contributed by atoms with Gasteiger partial charge in [0, 0.05) is 11.5 Å². The van der Waals surface area contributed by atoms with E-state index in [1.807, 2.05) is 6.92 Å². The van der Waals surface area contributed by atoms with Gasteiger partial charge in [-0.3, -0.25) is 0 Å². The monoisotopic (exact) mass is 286 g/mol. The molecule has 0 amide bonds. The molecule has 0 spiro atoms. The Morgan fingerprint density at radius 2 is 2.05 bits per heavy atom. The van der Waals surface area contributed by atoms with Gasteiger partial charge in [0.1, 0.15) is 10.5 Å². The van der Waals surface area contributed by atoms with Crippen molar-refractivity contribution in [1.82, 2.24) is 9.97 Å². The van der Waals surface area contributed by atoms with Crippen LogP contribution in [0.15, 0.2) is 24.3 Å². The van der Waals surface area contributed by atoms with Gasteiger partial charge in [-0.1, -0.05) is 57.6 Å².